The lowest BCUT2D eigenvalue weighted by atomic mass is 10.2. The van der Waals surface area contributed by atoms with Gasteiger partial charge in [0.15, 0.2) is 0 Å². The summed E-state index contributed by atoms with van der Waals surface area (Å²) in [6.07, 6.45) is 0.545. The van der Waals surface area contributed by atoms with Crippen LogP contribution in [0.4, 0.5) is 0 Å². The molecule has 0 spiro atoms. The van der Waals surface area contributed by atoms with Gasteiger partial charge in [-0.1, -0.05) is 15.9 Å². The number of nitrogens with zero attached hydrogens (tertiary/aromatic N) is 3. The fourth-order valence-electron chi connectivity index (χ4n) is 2.36. The van der Waals surface area contributed by atoms with Crippen LogP contribution in [-0.2, 0) is 6.54 Å². The fourth-order valence-corrected chi connectivity index (χ4v) is 2.72. The number of rotatable bonds is 5. The van der Waals surface area contributed by atoms with E-state index in [-0.39, 0.29) is 18.7 Å². The summed E-state index contributed by atoms with van der Waals surface area (Å²) in [5.41, 5.74) is 0.921. The molecule has 0 aliphatic rings. The summed E-state index contributed by atoms with van der Waals surface area (Å²) in [4.78, 5) is 16.7. The van der Waals surface area contributed by atoms with Crippen LogP contribution in [0, 0.1) is 11.3 Å². The van der Waals surface area contributed by atoms with Gasteiger partial charge in [-0.3, -0.25) is 9.36 Å². The highest BCUT2D eigenvalue weighted by Crippen LogP contribution is 2.15. The third-order valence-electron chi connectivity index (χ3n) is 3.62. The first-order chi connectivity index (χ1) is 12.1. The number of ether oxygens (including phenoxy) is 1. The molecule has 0 aliphatic carbocycles. The van der Waals surface area contributed by atoms with Gasteiger partial charge in [0.1, 0.15) is 18.5 Å². The highest BCUT2D eigenvalue weighted by molar-refractivity contribution is 9.10. The van der Waals surface area contributed by atoms with E-state index in [1.807, 2.05) is 12.1 Å². The monoisotopic (exact) mass is 399 g/mol. The van der Waals surface area contributed by atoms with E-state index < -0.39 is 6.10 Å². The van der Waals surface area contributed by atoms with Crippen LogP contribution in [0.1, 0.15) is 5.56 Å². The van der Waals surface area contributed by atoms with Crippen molar-refractivity contribution in [3.63, 3.8) is 0 Å². The zero-order valence-corrected chi connectivity index (χ0v) is 14.7. The van der Waals surface area contributed by atoms with Gasteiger partial charge in [-0.25, -0.2) is 4.98 Å². The summed E-state index contributed by atoms with van der Waals surface area (Å²) in [5.74, 6) is 0.547. The van der Waals surface area contributed by atoms with Gasteiger partial charge in [0, 0.05) is 4.47 Å². The van der Waals surface area contributed by atoms with Crippen molar-refractivity contribution in [3.05, 3.63) is 69.2 Å². The van der Waals surface area contributed by atoms with Gasteiger partial charge in [-0.2, -0.15) is 5.26 Å². The summed E-state index contributed by atoms with van der Waals surface area (Å²) in [5, 5.41) is 19.4. The molecule has 2 aromatic carbocycles. The molecule has 126 valence electrons. The summed E-state index contributed by atoms with van der Waals surface area (Å²) >= 11 is 3.34. The van der Waals surface area contributed by atoms with Gasteiger partial charge >= 0.3 is 0 Å². The minimum atomic E-state index is -0.875. The molecular weight excluding hydrogens is 386 g/mol. The molecule has 3 rings (SSSR count). The molecular formula is C18H14BrN3O3. The van der Waals surface area contributed by atoms with Crippen molar-refractivity contribution < 1.29 is 9.84 Å². The Bertz CT molecular complexity index is 993. The first kappa shape index (κ1) is 17.1. The molecule has 0 unspecified atom stereocenters. The molecule has 6 nitrogen and oxygen atoms in total. The summed E-state index contributed by atoms with van der Waals surface area (Å²) in [6.45, 7) is 0.0967. The second kappa shape index (κ2) is 7.47. The maximum Gasteiger partial charge on any atom is 0.261 e. The molecule has 1 aromatic heterocycles. The second-order valence-corrected chi connectivity index (χ2v) is 6.38. The lowest BCUT2D eigenvalue weighted by Crippen LogP contribution is -2.30. The second-order valence-electron chi connectivity index (χ2n) is 5.46. The van der Waals surface area contributed by atoms with Crippen LogP contribution in [0.5, 0.6) is 5.75 Å². The Labute approximate surface area is 152 Å². The fraction of sp³-hybridized carbons (Fsp3) is 0.167. The molecule has 25 heavy (non-hydrogen) atoms. The number of benzene rings is 2. The minimum Gasteiger partial charge on any atom is -0.491 e. The highest BCUT2D eigenvalue weighted by atomic mass is 79.9. The maximum absolute atomic E-state index is 12.5. The van der Waals surface area contributed by atoms with Gasteiger partial charge in [-0.05, 0) is 42.5 Å². The van der Waals surface area contributed by atoms with Crippen LogP contribution in [0.25, 0.3) is 10.9 Å². The zero-order chi connectivity index (χ0) is 17.8. The number of aliphatic hydroxyl groups is 1. The minimum absolute atomic E-state index is 0.0227. The number of hydrogen-bond donors (Lipinski definition) is 1. The average Bonchev–Trinajstić information content (AvgIpc) is 2.63. The standard InChI is InChI=1S/C18H14BrN3O3/c19-13-3-6-17-16(7-13)18(24)22(11-21-17)9-14(23)10-25-15-4-1-12(8-20)2-5-15/h1-7,11,14,23H,9-10H2/t14-/m0/s1. The van der Waals surface area contributed by atoms with Crippen LogP contribution < -0.4 is 10.3 Å². The van der Waals surface area contributed by atoms with Crippen LogP contribution in [0.3, 0.4) is 0 Å². The smallest absolute Gasteiger partial charge is 0.261 e. The SMILES string of the molecule is N#Cc1ccc(OC[C@@H](O)Cn2cnc3ccc(Br)cc3c2=O)cc1. The Morgan fingerprint density at radius 1 is 1.28 bits per heavy atom. The molecule has 7 heteroatoms. The van der Waals surface area contributed by atoms with Gasteiger partial charge in [-0.15, -0.1) is 0 Å². The van der Waals surface area contributed by atoms with Crippen LogP contribution >= 0.6 is 15.9 Å². The Morgan fingerprint density at radius 2 is 2.04 bits per heavy atom. The number of fused-ring (bicyclic) bond motifs is 1. The molecule has 1 atom stereocenters. The number of aromatic nitrogens is 2. The van der Waals surface area contributed by atoms with E-state index in [2.05, 4.69) is 20.9 Å². The zero-order valence-electron chi connectivity index (χ0n) is 13.1. The normalized spacial score (nSPS) is 11.9. The first-order valence-electron chi connectivity index (χ1n) is 7.52. The van der Waals surface area contributed by atoms with Gasteiger partial charge < -0.3 is 9.84 Å². The quantitative estimate of drug-likeness (QED) is 0.711. The molecule has 0 fully saturated rings. The molecule has 1 heterocycles. The Kier molecular flexibility index (Phi) is 5.12. The molecule has 0 radical (unpaired) electrons. The third-order valence-corrected chi connectivity index (χ3v) is 4.11. The topological polar surface area (TPSA) is 88.1 Å². The van der Waals surface area contributed by atoms with Gasteiger partial charge in [0.2, 0.25) is 0 Å². The van der Waals surface area contributed by atoms with Crippen LogP contribution in [0.2, 0.25) is 0 Å². The van der Waals surface area contributed by atoms with E-state index in [0.717, 1.165) is 4.47 Å². The first-order valence-corrected chi connectivity index (χ1v) is 8.32. The summed E-state index contributed by atoms with van der Waals surface area (Å²) < 4.78 is 7.64. The van der Waals surface area contributed by atoms with Gasteiger partial charge in [0.25, 0.3) is 5.56 Å². The highest BCUT2D eigenvalue weighted by Gasteiger charge is 2.10. The van der Waals surface area contributed by atoms with Crippen LogP contribution in [0.15, 0.2) is 58.1 Å². The van der Waals surface area contributed by atoms with Crippen molar-refractivity contribution in [2.24, 2.45) is 0 Å². The van der Waals surface area contributed by atoms with Crippen molar-refractivity contribution in [3.8, 4) is 11.8 Å². The van der Waals surface area contributed by atoms with E-state index in [4.69, 9.17) is 10.00 Å². The van der Waals surface area contributed by atoms with Crippen molar-refractivity contribution in [1.29, 1.82) is 5.26 Å². The molecule has 0 amide bonds. The number of nitriles is 1. The van der Waals surface area contributed by atoms with E-state index in [0.29, 0.717) is 22.2 Å². The average molecular weight is 400 g/mol. The Balaban J connectivity index is 1.69. The molecule has 0 saturated heterocycles. The maximum atomic E-state index is 12.5. The predicted molar refractivity (Wildman–Crippen MR) is 96.4 cm³/mol. The number of halogens is 1. The lowest BCUT2D eigenvalue weighted by Gasteiger charge is -2.14. The van der Waals surface area contributed by atoms with E-state index in [1.165, 1.54) is 10.9 Å². The van der Waals surface area contributed by atoms with E-state index in [9.17, 15) is 9.90 Å². The van der Waals surface area contributed by atoms with Crippen molar-refractivity contribution in [2.45, 2.75) is 12.6 Å². The van der Waals surface area contributed by atoms with E-state index >= 15 is 0 Å². The number of hydrogen-bond acceptors (Lipinski definition) is 5. The molecule has 0 saturated carbocycles. The Hall–Kier alpha value is -2.69. The van der Waals surface area contributed by atoms with Crippen molar-refractivity contribution in [1.82, 2.24) is 9.55 Å². The van der Waals surface area contributed by atoms with Crippen molar-refractivity contribution >= 4 is 26.8 Å². The largest absolute Gasteiger partial charge is 0.491 e. The van der Waals surface area contributed by atoms with Crippen molar-refractivity contribution in [2.75, 3.05) is 6.61 Å². The van der Waals surface area contributed by atoms with Crippen LogP contribution in [-0.4, -0.2) is 27.4 Å². The third kappa shape index (κ3) is 4.05. The molecule has 3 aromatic rings. The molecule has 1 N–H and O–H groups in total. The molecule has 0 bridgehead atoms. The molecule has 0 aliphatic heterocycles. The van der Waals surface area contributed by atoms with E-state index in [1.54, 1.807) is 36.4 Å². The summed E-state index contributed by atoms with van der Waals surface area (Å²) in [7, 11) is 0. The van der Waals surface area contributed by atoms with Gasteiger partial charge in [0.05, 0.1) is 35.4 Å². The Morgan fingerprint density at radius 3 is 2.76 bits per heavy atom. The predicted octanol–water partition coefficient (Wildman–Crippen LogP) is 2.47. The lowest BCUT2D eigenvalue weighted by molar-refractivity contribution is 0.0915. The number of aliphatic hydroxyl groups excluding tert-OH is 1. The summed E-state index contributed by atoms with van der Waals surface area (Å²) in [6, 6.07) is 13.9.